The summed E-state index contributed by atoms with van der Waals surface area (Å²) in [5, 5.41) is 3.20. The number of nitrogens with two attached hydrogens (primary N) is 1. The van der Waals surface area contributed by atoms with Crippen molar-refractivity contribution in [2.75, 3.05) is 45.0 Å². The predicted molar refractivity (Wildman–Crippen MR) is 192 cm³/mol. The summed E-state index contributed by atoms with van der Waals surface area (Å²) in [4.78, 5) is 37.5. The number of nitrogens with zero attached hydrogens (tertiary/aromatic N) is 4. The van der Waals surface area contributed by atoms with Crippen LogP contribution in [0.25, 0.3) is 11.1 Å². The van der Waals surface area contributed by atoms with E-state index >= 15 is 0 Å². The number of hydrogen-bond acceptors (Lipinski definition) is 7. The van der Waals surface area contributed by atoms with E-state index in [4.69, 9.17) is 10.5 Å². The first-order chi connectivity index (χ1) is 24.0. The molecule has 3 fully saturated rings. The third-order valence-electron chi connectivity index (χ3n) is 10.2. The van der Waals surface area contributed by atoms with Crippen molar-refractivity contribution >= 4 is 17.6 Å². The number of pyridine rings is 1. The smallest absolute Gasteiger partial charge is 0.253 e. The summed E-state index contributed by atoms with van der Waals surface area (Å²) < 4.78 is 6.08. The van der Waals surface area contributed by atoms with E-state index in [1.807, 2.05) is 65.6 Å². The lowest BCUT2D eigenvalue weighted by atomic mass is 10.0. The van der Waals surface area contributed by atoms with E-state index in [-0.39, 0.29) is 24.5 Å². The van der Waals surface area contributed by atoms with Crippen molar-refractivity contribution in [1.82, 2.24) is 25.0 Å². The molecule has 7 rings (SSSR count). The monoisotopic (exact) mass is 658 g/mol. The summed E-state index contributed by atoms with van der Waals surface area (Å²) >= 11 is 0. The number of benzene rings is 3. The Kier molecular flexibility index (Phi) is 10.2. The van der Waals surface area contributed by atoms with Gasteiger partial charge < -0.3 is 25.6 Å². The van der Waals surface area contributed by atoms with E-state index in [2.05, 4.69) is 44.4 Å². The molecule has 3 aliphatic rings. The number of anilines is 1. The second kappa shape index (κ2) is 15.2. The molecule has 0 spiro atoms. The van der Waals surface area contributed by atoms with Gasteiger partial charge in [-0.15, -0.1) is 0 Å². The molecule has 0 bridgehead atoms. The minimum atomic E-state index is -0.0602. The van der Waals surface area contributed by atoms with Crippen LogP contribution in [0.15, 0.2) is 91.1 Å². The third-order valence-corrected chi connectivity index (χ3v) is 10.2. The van der Waals surface area contributed by atoms with Gasteiger partial charge in [0.1, 0.15) is 6.61 Å². The number of piperidine rings is 1. The highest BCUT2D eigenvalue weighted by molar-refractivity contribution is 5.95. The van der Waals surface area contributed by atoms with Crippen molar-refractivity contribution in [3.63, 3.8) is 0 Å². The third kappa shape index (κ3) is 8.12. The summed E-state index contributed by atoms with van der Waals surface area (Å²) in [6.45, 7) is 7.04. The van der Waals surface area contributed by atoms with Gasteiger partial charge in [-0.25, -0.2) is 4.98 Å². The number of nitrogens with one attached hydrogen (secondary N) is 1. The van der Waals surface area contributed by atoms with Gasteiger partial charge in [0, 0.05) is 67.7 Å². The van der Waals surface area contributed by atoms with Crippen molar-refractivity contribution in [2.45, 2.75) is 57.3 Å². The Morgan fingerprint density at radius 2 is 1.51 bits per heavy atom. The number of nitrogen functional groups attached to an aromatic ring is 1. The van der Waals surface area contributed by atoms with Crippen LogP contribution in [0.4, 0.5) is 5.82 Å². The fourth-order valence-corrected chi connectivity index (χ4v) is 7.38. The molecule has 9 nitrogen and oxygen atoms in total. The molecule has 3 N–H and O–H groups in total. The number of amides is 2. The minimum Gasteiger partial charge on any atom is -0.485 e. The summed E-state index contributed by atoms with van der Waals surface area (Å²) in [6, 6.07) is 28.3. The molecule has 3 aliphatic heterocycles. The number of ether oxygens (including phenoxy) is 1. The number of aromatic nitrogens is 1. The molecule has 49 heavy (non-hydrogen) atoms. The zero-order valence-electron chi connectivity index (χ0n) is 28.1. The van der Waals surface area contributed by atoms with Crippen LogP contribution in [0.2, 0.25) is 0 Å². The maximum absolute atomic E-state index is 13.2. The molecule has 3 aromatic carbocycles. The maximum Gasteiger partial charge on any atom is 0.253 e. The van der Waals surface area contributed by atoms with Gasteiger partial charge in [-0.05, 0) is 92.2 Å². The Morgan fingerprint density at radius 3 is 2.24 bits per heavy atom. The molecule has 0 saturated carbocycles. The molecule has 4 heterocycles. The number of likely N-dealkylation sites (tertiary alicyclic amines) is 3. The van der Waals surface area contributed by atoms with Gasteiger partial charge in [0.25, 0.3) is 11.8 Å². The number of carbonyl (C=O) groups excluding carboxylic acids is 2. The van der Waals surface area contributed by atoms with Crippen LogP contribution in [-0.4, -0.2) is 82.9 Å². The Bertz CT molecular complexity index is 1720. The van der Waals surface area contributed by atoms with Crippen molar-refractivity contribution in [3.05, 3.63) is 113 Å². The lowest BCUT2D eigenvalue weighted by Crippen LogP contribution is -2.45. The lowest BCUT2D eigenvalue weighted by molar-refractivity contribution is 0.0644. The Balaban J connectivity index is 0.896. The second-order valence-corrected chi connectivity index (χ2v) is 13.6. The molecule has 4 aromatic rings. The zero-order chi connectivity index (χ0) is 33.6. The van der Waals surface area contributed by atoms with Gasteiger partial charge in [0.05, 0.1) is 0 Å². The Morgan fingerprint density at radius 1 is 0.796 bits per heavy atom. The SMILES string of the molecule is Nc1ncc(-c2ccc(C(=O)N3CCC(N4CCCC4)CC3)cc2)cc1OCc1ccc(C(=O)NC2CCN(Cc3ccccc3)C2)cc1. The summed E-state index contributed by atoms with van der Waals surface area (Å²) in [7, 11) is 0. The van der Waals surface area contributed by atoms with Crippen LogP contribution in [-0.2, 0) is 13.2 Å². The molecule has 3 saturated heterocycles. The van der Waals surface area contributed by atoms with Gasteiger partial charge >= 0.3 is 0 Å². The molecule has 9 heteroatoms. The Labute approximate surface area is 289 Å². The van der Waals surface area contributed by atoms with Crippen LogP contribution < -0.4 is 15.8 Å². The van der Waals surface area contributed by atoms with Gasteiger partial charge in [0.2, 0.25) is 0 Å². The summed E-state index contributed by atoms with van der Waals surface area (Å²) in [6.07, 6.45) is 7.37. The van der Waals surface area contributed by atoms with Crippen LogP contribution in [0.3, 0.4) is 0 Å². The van der Waals surface area contributed by atoms with Crippen molar-refractivity contribution in [3.8, 4) is 16.9 Å². The molecule has 1 unspecified atom stereocenters. The highest BCUT2D eigenvalue weighted by Crippen LogP contribution is 2.29. The fraction of sp³-hybridized carbons (Fsp3) is 0.375. The van der Waals surface area contributed by atoms with Crippen molar-refractivity contribution in [2.24, 2.45) is 0 Å². The van der Waals surface area contributed by atoms with Gasteiger partial charge in [-0.3, -0.25) is 14.5 Å². The van der Waals surface area contributed by atoms with E-state index in [1.54, 1.807) is 6.20 Å². The average Bonchev–Trinajstić information content (AvgIpc) is 3.85. The van der Waals surface area contributed by atoms with Crippen LogP contribution in [0, 0.1) is 0 Å². The summed E-state index contributed by atoms with van der Waals surface area (Å²) in [5.41, 5.74) is 11.5. The largest absolute Gasteiger partial charge is 0.485 e. The van der Waals surface area contributed by atoms with Crippen LogP contribution >= 0.6 is 0 Å². The molecular formula is C40H46N6O3. The number of carbonyl (C=O) groups is 2. The second-order valence-electron chi connectivity index (χ2n) is 13.6. The zero-order valence-corrected chi connectivity index (χ0v) is 28.1. The molecule has 2 amide bonds. The highest BCUT2D eigenvalue weighted by Gasteiger charge is 2.29. The first-order valence-electron chi connectivity index (χ1n) is 17.7. The first kappa shape index (κ1) is 32.8. The molecule has 0 radical (unpaired) electrons. The summed E-state index contributed by atoms with van der Waals surface area (Å²) in [5.74, 6) is 0.830. The molecule has 1 atom stereocenters. The minimum absolute atomic E-state index is 0.0602. The standard InChI is InChI=1S/C40H46N6O3/c41-38-37(49-28-30-8-10-32(11-9-30)39(47)43-35-16-21-44(27-35)26-29-6-2-1-3-7-29)24-34(25-42-38)31-12-14-33(15-13-31)40(48)46-22-17-36(18-23-46)45-19-4-5-20-45/h1-3,6-15,24-25,35-36H,4-5,16-23,26-28H2,(H2,41,42)(H,43,47). The lowest BCUT2D eigenvalue weighted by Gasteiger charge is -2.36. The quantitative estimate of drug-likeness (QED) is 0.228. The van der Waals surface area contributed by atoms with E-state index in [0.717, 1.165) is 68.7 Å². The van der Waals surface area contributed by atoms with E-state index < -0.39 is 0 Å². The number of hydrogen-bond donors (Lipinski definition) is 2. The Hall–Kier alpha value is -4.73. The first-order valence-corrected chi connectivity index (χ1v) is 17.7. The van der Waals surface area contributed by atoms with Gasteiger partial charge in [0.15, 0.2) is 11.6 Å². The molecule has 1 aromatic heterocycles. The van der Waals surface area contributed by atoms with Crippen molar-refractivity contribution < 1.29 is 14.3 Å². The van der Waals surface area contributed by atoms with E-state index in [1.165, 1.54) is 31.5 Å². The van der Waals surface area contributed by atoms with Gasteiger partial charge in [-0.1, -0.05) is 54.6 Å². The topological polar surface area (TPSA) is 104 Å². The molecular weight excluding hydrogens is 612 g/mol. The highest BCUT2D eigenvalue weighted by atomic mass is 16.5. The normalized spacial score (nSPS) is 18.9. The van der Waals surface area contributed by atoms with E-state index in [0.29, 0.717) is 28.7 Å². The molecule has 254 valence electrons. The van der Waals surface area contributed by atoms with Crippen molar-refractivity contribution in [1.29, 1.82) is 0 Å². The molecule has 0 aliphatic carbocycles. The predicted octanol–water partition coefficient (Wildman–Crippen LogP) is 5.61. The van der Waals surface area contributed by atoms with Gasteiger partial charge in [-0.2, -0.15) is 0 Å². The van der Waals surface area contributed by atoms with E-state index in [9.17, 15) is 9.59 Å². The fourth-order valence-electron chi connectivity index (χ4n) is 7.38. The number of rotatable bonds is 10. The average molecular weight is 659 g/mol. The van der Waals surface area contributed by atoms with Crippen LogP contribution in [0.5, 0.6) is 5.75 Å². The van der Waals surface area contributed by atoms with Crippen LogP contribution in [0.1, 0.15) is 63.9 Å². The maximum atomic E-state index is 13.2.